The molecule has 1 saturated carbocycles. The minimum Gasteiger partial charge on any atom is -0.327 e. The summed E-state index contributed by atoms with van der Waals surface area (Å²) in [5.41, 5.74) is 5.86. The largest absolute Gasteiger partial charge is 0.327 e. The van der Waals surface area contributed by atoms with Gasteiger partial charge in [0, 0.05) is 11.8 Å². The molecule has 1 aliphatic rings. The van der Waals surface area contributed by atoms with Crippen LogP contribution in [-0.2, 0) is 9.84 Å². The van der Waals surface area contributed by atoms with Crippen LogP contribution in [0.25, 0.3) is 0 Å². The second kappa shape index (κ2) is 4.42. The molecule has 2 N–H and O–H groups in total. The van der Waals surface area contributed by atoms with Crippen molar-refractivity contribution in [3.8, 4) is 0 Å². The fourth-order valence-corrected chi connectivity index (χ4v) is 3.58. The van der Waals surface area contributed by atoms with E-state index in [0.29, 0.717) is 0 Å². The number of sulfone groups is 1. The van der Waals surface area contributed by atoms with Crippen LogP contribution in [0, 0.1) is 0 Å². The maximum atomic E-state index is 11.6. The summed E-state index contributed by atoms with van der Waals surface area (Å²) in [5, 5.41) is -0.278. The van der Waals surface area contributed by atoms with Crippen molar-refractivity contribution in [1.82, 2.24) is 0 Å². The maximum absolute atomic E-state index is 11.6. The molecule has 2 atom stereocenters. The Morgan fingerprint density at radius 3 is 2.46 bits per heavy atom. The van der Waals surface area contributed by atoms with Gasteiger partial charge in [-0.25, -0.2) is 8.42 Å². The Bertz CT molecular complexity index is 248. The van der Waals surface area contributed by atoms with Gasteiger partial charge in [-0.1, -0.05) is 26.2 Å². The molecule has 78 valence electrons. The normalized spacial score (nSPS) is 31.2. The zero-order valence-electron chi connectivity index (χ0n) is 8.20. The second-order valence-electron chi connectivity index (χ2n) is 3.79. The van der Waals surface area contributed by atoms with Crippen molar-refractivity contribution in [2.75, 3.05) is 5.75 Å². The van der Waals surface area contributed by atoms with Crippen LogP contribution in [0.5, 0.6) is 0 Å². The van der Waals surface area contributed by atoms with Crippen molar-refractivity contribution in [1.29, 1.82) is 0 Å². The van der Waals surface area contributed by atoms with Gasteiger partial charge in [0.15, 0.2) is 9.84 Å². The highest BCUT2D eigenvalue weighted by Crippen LogP contribution is 2.22. The summed E-state index contributed by atoms with van der Waals surface area (Å²) < 4.78 is 23.3. The van der Waals surface area contributed by atoms with Crippen LogP contribution in [0.15, 0.2) is 0 Å². The molecule has 0 radical (unpaired) electrons. The van der Waals surface area contributed by atoms with Crippen molar-refractivity contribution < 1.29 is 8.42 Å². The summed E-state index contributed by atoms with van der Waals surface area (Å²) in [6.07, 6.45) is 4.85. The highest BCUT2D eigenvalue weighted by molar-refractivity contribution is 7.92. The van der Waals surface area contributed by atoms with E-state index in [0.717, 1.165) is 32.1 Å². The lowest BCUT2D eigenvalue weighted by molar-refractivity contribution is 0.532. The third kappa shape index (κ3) is 2.68. The molecule has 1 aliphatic carbocycles. The SMILES string of the molecule is CCS(=O)(=O)C1CCCCCC1N. The van der Waals surface area contributed by atoms with E-state index in [2.05, 4.69) is 0 Å². The zero-order chi connectivity index (χ0) is 9.90. The van der Waals surface area contributed by atoms with Gasteiger partial charge < -0.3 is 5.73 Å². The highest BCUT2D eigenvalue weighted by Gasteiger charge is 2.30. The van der Waals surface area contributed by atoms with Crippen molar-refractivity contribution in [2.45, 2.75) is 50.3 Å². The van der Waals surface area contributed by atoms with Gasteiger partial charge in [0.05, 0.1) is 5.25 Å². The molecule has 4 heteroatoms. The summed E-state index contributed by atoms with van der Waals surface area (Å²) in [7, 11) is -2.92. The molecule has 0 aliphatic heterocycles. The number of hydrogen-bond acceptors (Lipinski definition) is 3. The summed E-state index contributed by atoms with van der Waals surface area (Å²) in [6.45, 7) is 1.70. The molecule has 0 bridgehead atoms. The van der Waals surface area contributed by atoms with Crippen LogP contribution in [-0.4, -0.2) is 25.5 Å². The first-order chi connectivity index (χ1) is 6.08. The molecule has 1 fully saturated rings. The zero-order valence-corrected chi connectivity index (χ0v) is 9.02. The third-order valence-electron chi connectivity index (χ3n) is 2.87. The second-order valence-corrected chi connectivity index (χ2v) is 6.30. The lowest BCUT2D eigenvalue weighted by Crippen LogP contribution is -2.40. The van der Waals surface area contributed by atoms with Gasteiger partial charge in [-0.05, 0) is 12.8 Å². The Balaban J connectivity index is 2.75. The quantitative estimate of drug-likeness (QED) is 0.686. The molecule has 0 heterocycles. The van der Waals surface area contributed by atoms with Crippen LogP contribution in [0.1, 0.15) is 39.0 Å². The van der Waals surface area contributed by atoms with E-state index in [9.17, 15) is 8.42 Å². The van der Waals surface area contributed by atoms with E-state index in [4.69, 9.17) is 5.73 Å². The maximum Gasteiger partial charge on any atom is 0.154 e. The molecule has 0 aromatic rings. The van der Waals surface area contributed by atoms with Gasteiger partial charge in [0.2, 0.25) is 0 Å². The molecular formula is C9H19NO2S. The fourth-order valence-electron chi connectivity index (χ4n) is 1.96. The Labute approximate surface area is 80.6 Å². The van der Waals surface area contributed by atoms with Gasteiger partial charge in [0.1, 0.15) is 0 Å². The summed E-state index contributed by atoms with van der Waals surface area (Å²) in [6, 6.07) is -0.132. The molecule has 1 rings (SSSR count). The Hall–Kier alpha value is -0.0900. The molecule has 2 unspecified atom stereocenters. The molecule has 3 nitrogen and oxygen atoms in total. The molecule has 13 heavy (non-hydrogen) atoms. The van der Waals surface area contributed by atoms with Crippen molar-refractivity contribution in [3.63, 3.8) is 0 Å². The highest BCUT2D eigenvalue weighted by atomic mass is 32.2. The van der Waals surface area contributed by atoms with E-state index >= 15 is 0 Å². The Morgan fingerprint density at radius 2 is 1.85 bits per heavy atom. The lowest BCUT2D eigenvalue weighted by Gasteiger charge is -2.20. The summed E-state index contributed by atoms with van der Waals surface area (Å²) >= 11 is 0. The van der Waals surface area contributed by atoms with E-state index in [1.54, 1.807) is 6.92 Å². The van der Waals surface area contributed by atoms with Gasteiger partial charge in [-0.3, -0.25) is 0 Å². The van der Waals surface area contributed by atoms with Crippen LogP contribution in [0.4, 0.5) is 0 Å². The minimum atomic E-state index is -2.92. The van der Waals surface area contributed by atoms with Crippen molar-refractivity contribution >= 4 is 9.84 Å². The standard InChI is InChI=1S/C9H19NO2S/c1-2-13(11,12)9-7-5-3-4-6-8(9)10/h8-9H,2-7,10H2,1H3. The Morgan fingerprint density at radius 1 is 1.23 bits per heavy atom. The Kier molecular flexibility index (Phi) is 3.74. The monoisotopic (exact) mass is 205 g/mol. The van der Waals surface area contributed by atoms with Crippen LogP contribution in [0.2, 0.25) is 0 Å². The fraction of sp³-hybridized carbons (Fsp3) is 1.00. The number of hydrogen-bond donors (Lipinski definition) is 1. The summed E-state index contributed by atoms with van der Waals surface area (Å²) in [5.74, 6) is 0.228. The number of rotatable bonds is 2. The smallest absolute Gasteiger partial charge is 0.154 e. The molecular weight excluding hydrogens is 186 g/mol. The first kappa shape index (κ1) is 11.0. The van der Waals surface area contributed by atoms with E-state index < -0.39 is 9.84 Å². The molecule has 0 spiro atoms. The lowest BCUT2D eigenvalue weighted by atomic mass is 10.1. The molecule has 0 aromatic carbocycles. The van der Waals surface area contributed by atoms with Crippen LogP contribution < -0.4 is 5.73 Å². The van der Waals surface area contributed by atoms with Gasteiger partial charge in [-0.15, -0.1) is 0 Å². The predicted octanol–water partition coefficient (Wildman–Crippen LogP) is 1.08. The average Bonchev–Trinajstić information content (AvgIpc) is 2.30. The first-order valence-electron chi connectivity index (χ1n) is 5.05. The van der Waals surface area contributed by atoms with Gasteiger partial charge in [-0.2, -0.15) is 0 Å². The van der Waals surface area contributed by atoms with E-state index in [-0.39, 0.29) is 17.0 Å². The minimum absolute atomic E-state index is 0.132. The average molecular weight is 205 g/mol. The molecule has 0 amide bonds. The summed E-state index contributed by atoms with van der Waals surface area (Å²) in [4.78, 5) is 0. The molecule has 0 saturated heterocycles. The topological polar surface area (TPSA) is 60.2 Å². The van der Waals surface area contributed by atoms with Crippen LogP contribution in [0.3, 0.4) is 0 Å². The van der Waals surface area contributed by atoms with Crippen molar-refractivity contribution in [2.24, 2.45) is 5.73 Å². The first-order valence-corrected chi connectivity index (χ1v) is 6.76. The third-order valence-corrected chi connectivity index (χ3v) is 5.18. The van der Waals surface area contributed by atoms with Gasteiger partial charge >= 0.3 is 0 Å². The van der Waals surface area contributed by atoms with E-state index in [1.807, 2.05) is 0 Å². The van der Waals surface area contributed by atoms with Crippen LogP contribution >= 0.6 is 0 Å². The van der Waals surface area contributed by atoms with Gasteiger partial charge in [0.25, 0.3) is 0 Å². The van der Waals surface area contributed by atoms with E-state index in [1.165, 1.54) is 0 Å². The van der Waals surface area contributed by atoms with Crippen molar-refractivity contribution in [3.05, 3.63) is 0 Å². The molecule has 0 aromatic heterocycles. The number of nitrogens with two attached hydrogens (primary N) is 1. The predicted molar refractivity (Wildman–Crippen MR) is 54.3 cm³/mol.